The summed E-state index contributed by atoms with van der Waals surface area (Å²) in [5.41, 5.74) is 0. The van der Waals surface area contributed by atoms with E-state index in [4.69, 9.17) is 4.74 Å². The van der Waals surface area contributed by atoms with Gasteiger partial charge in [-0.25, -0.2) is 0 Å². The summed E-state index contributed by atoms with van der Waals surface area (Å²) < 4.78 is 5.12. The molecule has 0 aromatic rings. The molecule has 92 valence electrons. The molecule has 2 atom stereocenters. The molecule has 0 aromatic heterocycles. The van der Waals surface area contributed by atoms with Crippen LogP contribution in [0.15, 0.2) is 0 Å². The van der Waals surface area contributed by atoms with E-state index in [-0.39, 0.29) is 11.9 Å². The van der Waals surface area contributed by atoms with Gasteiger partial charge < -0.3 is 10.1 Å². The van der Waals surface area contributed by atoms with E-state index in [9.17, 15) is 4.79 Å². The lowest BCUT2D eigenvalue weighted by atomic mass is 10.0. The second-order valence-corrected chi connectivity index (χ2v) is 5.08. The van der Waals surface area contributed by atoms with Crippen molar-refractivity contribution in [2.75, 3.05) is 13.2 Å². The number of ether oxygens (including phenoxy) is 1. The highest BCUT2D eigenvalue weighted by Gasteiger charge is 2.33. The van der Waals surface area contributed by atoms with E-state index in [0.29, 0.717) is 12.6 Å². The Bertz CT molecular complexity index is 238. The number of hydrogen-bond acceptors (Lipinski definition) is 3. The van der Waals surface area contributed by atoms with Crippen LogP contribution in [0.1, 0.15) is 45.4 Å². The van der Waals surface area contributed by atoms with E-state index in [0.717, 1.165) is 31.7 Å². The highest BCUT2D eigenvalue weighted by atomic mass is 16.5. The van der Waals surface area contributed by atoms with Crippen molar-refractivity contribution in [3.05, 3.63) is 0 Å². The number of carbonyl (C=O) groups is 1. The molecule has 2 aliphatic carbocycles. The SMILES string of the molecule is CCOC(=O)[C@@H]1CCC[C@@H]1NCCC1CC1. The molecule has 0 radical (unpaired) electrons. The fourth-order valence-corrected chi connectivity index (χ4v) is 2.62. The van der Waals surface area contributed by atoms with Crippen LogP contribution in [0.4, 0.5) is 0 Å². The maximum Gasteiger partial charge on any atom is 0.310 e. The standard InChI is InChI=1S/C13H23NO2/c1-2-16-13(15)11-4-3-5-12(11)14-9-8-10-6-7-10/h10-12,14H,2-9H2,1H3/t11-,12+/m1/s1. The van der Waals surface area contributed by atoms with E-state index in [1.165, 1.54) is 19.3 Å². The normalized spacial score (nSPS) is 29.3. The van der Waals surface area contributed by atoms with Crippen molar-refractivity contribution in [3.8, 4) is 0 Å². The zero-order valence-corrected chi connectivity index (χ0v) is 10.2. The Kier molecular flexibility index (Phi) is 4.22. The quantitative estimate of drug-likeness (QED) is 0.704. The third-order valence-corrected chi connectivity index (χ3v) is 3.76. The highest BCUT2D eigenvalue weighted by molar-refractivity contribution is 5.73. The number of nitrogens with one attached hydrogen (secondary N) is 1. The van der Waals surface area contributed by atoms with E-state index in [2.05, 4.69) is 5.32 Å². The first-order valence-electron chi connectivity index (χ1n) is 6.71. The van der Waals surface area contributed by atoms with Crippen molar-refractivity contribution in [1.29, 1.82) is 0 Å². The number of esters is 1. The maximum absolute atomic E-state index is 11.7. The highest BCUT2D eigenvalue weighted by Crippen LogP contribution is 2.32. The number of rotatable bonds is 6. The zero-order valence-electron chi connectivity index (χ0n) is 10.2. The molecule has 3 heteroatoms. The average molecular weight is 225 g/mol. The van der Waals surface area contributed by atoms with Crippen LogP contribution >= 0.6 is 0 Å². The third kappa shape index (κ3) is 3.21. The lowest BCUT2D eigenvalue weighted by Crippen LogP contribution is -2.37. The van der Waals surface area contributed by atoms with Crippen LogP contribution in [0.2, 0.25) is 0 Å². The second kappa shape index (κ2) is 5.67. The molecule has 0 saturated heterocycles. The Morgan fingerprint density at radius 3 is 2.81 bits per heavy atom. The molecule has 0 aromatic carbocycles. The summed E-state index contributed by atoms with van der Waals surface area (Å²) in [6, 6.07) is 0.373. The van der Waals surface area contributed by atoms with Crippen LogP contribution in [0.5, 0.6) is 0 Å². The smallest absolute Gasteiger partial charge is 0.310 e. The molecule has 16 heavy (non-hydrogen) atoms. The molecular formula is C13H23NO2. The lowest BCUT2D eigenvalue weighted by Gasteiger charge is -2.19. The minimum Gasteiger partial charge on any atom is -0.466 e. The second-order valence-electron chi connectivity index (χ2n) is 5.08. The minimum absolute atomic E-state index is 0.00363. The molecular weight excluding hydrogens is 202 g/mol. The number of carbonyl (C=O) groups excluding carboxylic acids is 1. The molecule has 0 spiro atoms. The van der Waals surface area contributed by atoms with Crippen molar-refractivity contribution >= 4 is 5.97 Å². The zero-order chi connectivity index (χ0) is 11.4. The Morgan fingerprint density at radius 1 is 1.31 bits per heavy atom. The van der Waals surface area contributed by atoms with Crippen LogP contribution < -0.4 is 5.32 Å². The van der Waals surface area contributed by atoms with E-state index in [1.54, 1.807) is 0 Å². The minimum atomic E-state index is 0.00363. The van der Waals surface area contributed by atoms with Gasteiger partial charge in [0.1, 0.15) is 0 Å². The van der Waals surface area contributed by atoms with Crippen molar-refractivity contribution in [3.63, 3.8) is 0 Å². The predicted molar refractivity (Wildman–Crippen MR) is 63.1 cm³/mol. The Hall–Kier alpha value is -0.570. The van der Waals surface area contributed by atoms with Crippen molar-refractivity contribution in [2.45, 2.75) is 51.5 Å². The largest absolute Gasteiger partial charge is 0.466 e. The third-order valence-electron chi connectivity index (χ3n) is 3.76. The summed E-state index contributed by atoms with van der Waals surface area (Å²) in [6.45, 7) is 3.46. The summed E-state index contributed by atoms with van der Waals surface area (Å²) in [6.07, 6.45) is 7.39. The van der Waals surface area contributed by atoms with Crippen LogP contribution in [-0.4, -0.2) is 25.2 Å². The van der Waals surface area contributed by atoms with Crippen LogP contribution in [0.25, 0.3) is 0 Å². The summed E-state index contributed by atoms with van der Waals surface area (Å²) in [4.78, 5) is 11.7. The molecule has 0 aliphatic heterocycles. The van der Waals surface area contributed by atoms with Gasteiger partial charge in [-0.15, -0.1) is 0 Å². The molecule has 0 bridgehead atoms. The first-order chi connectivity index (χ1) is 7.81. The summed E-state index contributed by atoms with van der Waals surface area (Å²) >= 11 is 0. The maximum atomic E-state index is 11.7. The van der Waals surface area contributed by atoms with Crippen molar-refractivity contribution < 1.29 is 9.53 Å². The first-order valence-corrected chi connectivity index (χ1v) is 6.71. The Balaban J connectivity index is 1.71. The van der Waals surface area contributed by atoms with Gasteiger partial charge in [0.25, 0.3) is 0 Å². The van der Waals surface area contributed by atoms with Gasteiger partial charge in [-0.05, 0) is 38.6 Å². The average Bonchev–Trinajstić information content (AvgIpc) is 2.96. The van der Waals surface area contributed by atoms with Gasteiger partial charge in [0.15, 0.2) is 0 Å². The summed E-state index contributed by atoms with van der Waals surface area (Å²) in [7, 11) is 0. The molecule has 3 nitrogen and oxygen atoms in total. The van der Waals surface area contributed by atoms with Crippen LogP contribution in [0, 0.1) is 11.8 Å². The van der Waals surface area contributed by atoms with Gasteiger partial charge >= 0.3 is 5.97 Å². The van der Waals surface area contributed by atoms with Crippen molar-refractivity contribution in [1.82, 2.24) is 5.32 Å². The topological polar surface area (TPSA) is 38.3 Å². The molecule has 1 N–H and O–H groups in total. The molecule has 2 fully saturated rings. The summed E-state index contributed by atoms with van der Waals surface area (Å²) in [5, 5.41) is 3.54. The van der Waals surface area contributed by atoms with Gasteiger partial charge in [0, 0.05) is 6.04 Å². The Labute approximate surface area is 97.9 Å². The molecule has 0 unspecified atom stereocenters. The molecule has 0 amide bonds. The fraction of sp³-hybridized carbons (Fsp3) is 0.923. The van der Waals surface area contributed by atoms with Gasteiger partial charge in [0.05, 0.1) is 12.5 Å². The van der Waals surface area contributed by atoms with Crippen LogP contribution in [-0.2, 0) is 9.53 Å². The molecule has 2 aliphatic rings. The van der Waals surface area contributed by atoms with Gasteiger partial charge in [-0.1, -0.05) is 19.3 Å². The fourth-order valence-electron chi connectivity index (χ4n) is 2.62. The van der Waals surface area contributed by atoms with Crippen molar-refractivity contribution in [2.24, 2.45) is 11.8 Å². The first kappa shape index (κ1) is 11.9. The van der Waals surface area contributed by atoms with Gasteiger partial charge in [-0.2, -0.15) is 0 Å². The predicted octanol–water partition coefficient (Wildman–Crippen LogP) is 2.11. The molecule has 0 heterocycles. The van der Waals surface area contributed by atoms with E-state index in [1.807, 2.05) is 6.92 Å². The van der Waals surface area contributed by atoms with Gasteiger partial charge in [-0.3, -0.25) is 4.79 Å². The molecule has 2 rings (SSSR count). The Morgan fingerprint density at radius 2 is 2.12 bits per heavy atom. The number of hydrogen-bond donors (Lipinski definition) is 1. The lowest BCUT2D eigenvalue weighted by molar-refractivity contribution is -0.148. The van der Waals surface area contributed by atoms with E-state index < -0.39 is 0 Å². The molecule has 2 saturated carbocycles. The van der Waals surface area contributed by atoms with Crippen LogP contribution in [0.3, 0.4) is 0 Å². The van der Waals surface area contributed by atoms with Gasteiger partial charge in [0.2, 0.25) is 0 Å². The van der Waals surface area contributed by atoms with E-state index >= 15 is 0 Å². The monoisotopic (exact) mass is 225 g/mol. The summed E-state index contributed by atoms with van der Waals surface area (Å²) in [5.74, 6) is 1.08.